The molecule has 1 aromatic heterocycles. The number of hydrogen-bond donors (Lipinski definition) is 1. The Labute approximate surface area is 104 Å². The number of nitrogens with zero attached hydrogens (tertiary/aromatic N) is 3. The Morgan fingerprint density at radius 3 is 3.06 bits per heavy atom. The number of nitrogens with two attached hydrogens (primary N) is 1. The van der Waals surface area contributed by atoms with E-state index in [0.717, 1.165) is 36.2 Å². The molecule has 3 rings (SSSR count). The predicted octanol–water partition coefficient (Wildman–Crippen LogP) is 1.99. The molecule has 0 atom stereocenters. The largest absolute Gasteiger partial charge is 0.398 e. The summed E-state index contributed by atoms with van der Waals surface area (Å²) in [5.74, 6) is 0.850. The van der Waals surface area contributed by atoms with Crippen molar-refractivity contribution in [1.82, 2.24) is 9.36 Å². The number of benzene rings is 1. The minimum absolute atomic E-state index is 0.850. The number of fused-ring (bicyclic) bond motifs is 1. The fourth-order valence-corrected chi connectivity index (χ4v) is 2.92. The Kier molecular flexibility index (Phi) is 2.48. The third-order valence-corrected chi connectivity index (χ3v) is 3.96. The van der Waals surface area contributed by atoms with Crippen molar-refractivity contribution in [3.8, 4) is 0 Å². The fourth-order valence-electron chi connectivity index (χ4n) is 2.22. The molecule has 4 nitrogen and oxygen atoms in total. The van der Waals surface area contributed by atoms with Gasteiger partial charge in [-0.3, -0.25) is 0 Å². The summed E-state index contributed by atoms with van der Waals surface area (Å²) in [5, 5.41) is 1.01. The summed E-state index contributed by atoms with van der Waals surface area (Å²) < 4.78 is 4.23. The van der Waals surface area contributed by atoms with Gasteiger partial charge in [0.2, 0.25) is 5.13 Å². The molecule has 0 amide bonds. The molecule has 5 heteroatoms. The van der Waals surface area contributed by atoms with Crippen LogP contribution in [0, 0.1) is 6.92 Å². The van der Waals surface area contributed by atoms with Gasteiger partial charge in [0, 0.05) is 30.3 Å². The summed E-state index contributed by atoms with van der Waals surface area (Å²) >= 11 is 1.47. The number of aryl methyl sites for hydroxylation is 1. The SMILES string of the molecule is Cc1nsc(N2CCc3c(N)cccc3C2)n1. The summed E-state index contributed by atoms with van der Waals surface area (Å²) in [6.45, 7) is 3.78. The van der Waals surface area contributed by atoms with E-state index in [2.05, 4.69) is 20.3 Å². The van der Waals surface area contributed by atoms with Crippen LogP contribution in [-0.2, 0) is 13.0 Å². The van der Waals surface area contributed by atoms with Gasteiger partial charge in [0.05, 0.1) is 0 Å². The van der Waals surface area contributed by atoms with Gasteiger partial charge in [0.25, 0.3) is 0 Å². The van der Waals surface area contributed by atoms with Crippen molar-refractivity contribution in [2.24, 2.45) is 0 Å². The normalized spacial score (nSPS) is 14.8. The van der Waals surface area contributed by atoms with E-state index in [-0.39, 0.29) is 0 Å². The van der Waals surface area contributed by atoms with E-state index in [9.17, 15) is 0 Å². The van der Waals surface area contributed by atoms with Gasteiger partial charge in [0.1, 0.15) is 5.82 Å². The second-order valence-corrected chi connectivity index (χ2v) is 5.01. The predicted molar refractivity (Wildman–Crippen MR) is 70.3 cm³/mol. The maximum atomic E-state index is 5.99. The third-order valence-electron chi connectivity index (χ3n) is 3.09. The van der Waals surface area contributed by atoms with Crippen LogP contribution in [0.15, 0.2) is 18.2 Å². The maximum Gasteiger partial charge on any atom is 0.205 e. The van der Waals surface area contributed by atoms with Gasteiger partial charge in [-0.15, -0.1) is 0 Å². The van der Waals surface area contributed by atoms with E-state index in [1.165, 1.54) is 22.7 Å². The number of nitrogen functional groups attached to an aromatic ring is 1. The number of anilines is 2. The minimum Gasteiger partial charge on any atom is -0.398 e. The highest BCUT2D eigenvalue weighted by molar-refractivity contribution is 7.09. The molecule has 1 aliphatic heterocycles. The van der Waals surface area contributed by atoms with Crippen molar-refractivity contribution < 1.29 is 0 Å². The van der Waals surface area contributed by atoms with Crippen LogP contribution in [0.2, 0.25) is 0 Å². The lowest BCUT2D eigenvalue weighted by molar-refractivity contribution is 0.729. The van der Waals surface area contributed by atoms with Gasteiger partial charge < -0.3 is 10.6 Å². The standard InChI is InChI=1S/C12H14N4S/c1-8-14-12(17-15-8)16-6-5-10-9(7-16)3-2-4-11(10)13/h2-4H,5-7,13H2,1H3. The van der Waals surface area contributed by atoms with Crippen LogP contribution in [0.25, 0.3) is 0 Å². The van der Waals surface area contributed by atoms with Crippen molar-refractivity contribution >= 4 is 22.4 Å². The van der Waals surface area contributed by atoms with Gasteiger partial charge >= 0.3 is 0 Å². The Morgan fingerprint density at radius 2 is 2.29 bits per heavy atom. The van der Waals surface area contributed by atoms with Crippen LogP contribution >= 0.6 is 11.5 Å². The van der Waals surface area contributed by atoms with Crippen LogP contribution in [0.3, 0.4) is 0 Å². The van der Waals surface area contributed by atoms with Gasteiger partial charge in [-0.1, -0.05) is 12.1 Å². The summed E-state index contributed by atoms with van der Waals surface area (Å²) in [6, 6.07) is 6.14. The first-order valence-electron chi connectivity index (χ1n) is 5.65. The van der Waals surface area contributed by atoms with Crippen molar-refractivity contribution in [2.75, 3.05) is 17.2 Å². The Morgan fingerprint density at radius 1 is 1.41 bits per heavy atom. The van der Waals surface area contributed by atoms with E-state index in [1.807, 2.05) is 19.1 Å². The Balaban J connectivity index is 1.90. The molecule has 0 saturated heterocycles. The summed E-state index contributed by atoms with van der Waals surface area (Å²) in [5.41, 5.74) is 9.50. The molecule has 2 N–H and O–H groups in total. The smallest absolute Gasteiger partial charge is 0.205 e. The first-order valence-corrected chi connectivity index (χ1v) is 6.43. The molecule has 0 unspecified atom stereocenters. The second kappa shape index (κ2) is 4.00. The molecule has 0 radical (unpaired) electrons. The molecule has 17 heavy (non-hydrogen) atoms. The van der Waals surface area contributed by atoms with E-state index >= 15 is 0 Å². The average Bonchev–Trinajstić information content (AvgIpc) is 2.76. The van der Waals surface area contributed by atoms with Gasteiger partial charge in [-0.05, 0) is 30.5 Å². The maximum absolute atomic E-state index is 5.99. The quantitative estimate of drug-likeness (QED) is 0.782. The molecule has 1 aromatic carbocycles. The molecule has 0 aliphatic carbocycles. The Hall–Kier alpha value is -1.62. The third kappa shape index (κ3) is 1.86. The lowest BCUT2D eigenvalue weighted by Crippen LogP contribution is -2.30. The van der Waals surface area contributed by atoms with Crippen LogP contribution in [0.5, 0.6) is 0 Å². The lowest BCUT2D eigenvalue weighted by atomic mass is 9.98. The molecule has 0 fully saturated rings. The zero-order valence-corrected chi connectivity index (χ0v) is 10.5. The average molecular weight is 246 g/mol. The molecule has 0 bridgehead atoms. The van der Waals surface area contributed by atoms with E-state index < -0.39 is 0 Å². The van der Waals surface area contributed by atoms with Crippen LogP contribution in [0.4, 0.5) is 10.8 Å². The molecule has 88 valence electrons. The van der Waals surface area contributed by atoms with Crippen molar-refractivity contribution in [1.29, 1.82) is 0 Å². The molecule has 0 spiro atoms. The first-order chi connectivity index (χ1) is 8.24. The van der Waals surface area contributed by atoms with Crippen molar-refractivity contribution in [3.05, 3.63) is 35.2 Å². The van der Waals surface area contributed by atoms with Crippen LogP contribution in [0.1, 0.15) is 17.0 Å². The highest BCUT2D eigenvalue weighted by atomic mass is 32.1. The van der Waals surface area contributed by atoms with Crippen LogP contribution < -0.4 is 10.6 Å². The van der Waals surface area contributed by atoms with E-state index in [1.54, 1.807) is 0 Å². The molecule has 0 saturated carbocycles. The van der Waals surface area contributed by atoms with E-state index in [0.29, 0.717) is 0 Å². The lowest BCUT2D eigenvalue weighted by Gasteiger charge is -2.28. The molecular weight excluding hydrogens is 232 g/mol. The molecule has 2 heterocycles. The van der Waals surface area contributed by atoms with Crippen LogP contribution in [-0.4, -0.2) is 15.9 Å². The Bertz CT molecular complexity index is 549. The van der Waals surface area contributed by atoms with Gasteiger partial charge in [-0.25, -0.2) is 4.98 Å². The fraction of sp³-hybridized carbons (Fsp3) is 0.333. The summed E-state index contributed by atoms with van der Waals surface area (Å²) in [6.07, 6.45) is 0.987. The second-order valence-electron chi connectivity index (χ2n) is 4.28. The number of rotatable bonds is 1. The summed E-state index contributed by atoms with van der Waals surface area (Å²) in [7, 11) is 0. The molecule has 2 aromatic rings. The molecule has 1 aliphatic rings. The topological polar surface area (TPSA) is 55.0 Å². The zero-order chi connectivity index (χ0) is 11.8. The minimum atomic E-state index is 0.850. The monoisotopic (exact) mass is 246 g/mol. The van der Waals surface area contributed by atoms with E-state index in [4.69, 9.17) is 5.73 Å². The number of aromatic nitrogens is 2. The van der Waals surface area contributed by atoms with Gasteiger partial charge in [0.15, 0.2) is 0 Å². The first kappa shape index (κ1) is 10.5. The van der Waals surface area contributed by atoms with Gasteiger partial charge in [-0.2, -0.15) is 4.37 Å². The molecular formula is C12H14N4S. The highest BCUT2D eigenvalue weighted by Gasteiger charge is 2.20. The van der Waals surface area contributed by atoms with Crippen molar-refractivity contribution in [3.63, 3.8) is 0 Å². The summed E-state index contributed by atoms with van der Waals surface area (Å²) in [4.78, 5) is 6.70. The van der Waals surface area contributed by atoms with Crippen molar-refractivity contribution in [2.45, 2.75) is 19.9 Å². The zero-order valence-electron chi connectivity index (χ0n) is 9.68. The highest BCUT2D eigenvalue weighted by Crippen LogP contribution is 2.28. The number of hydrogen-bond acceptors (Lipinski definition) is 5.